The summed E-state index contributed by atoms with van der Waals surface area (Å²) in [4.78, 5) is 10.3. The number of ether oxygens (including phenoxy) is 1. The highest BCUT2D eigenvalue weighted by molar-refractivity contribution is 7.92. The third-order valence-electron chi connectivity index (χ3n) is 2.17. The fraction of sp³-hybridized carbons (Fsp3) is 0.875. The predicted molar refractivity (Wildman–Crippen MR) is 49.8 cm³/mol. The molecule has 1 aliphatic heterocycles. The first-order valence-corrected chi connectivity index (χ1v) is 6.32. The van der Waals surface area contributed by atoms with E-state index in [1.165, 1.54) is 0 Å². The maximum Gasteiger partial charge on any atom is 0.318 e. The van der Waals surface area contributed by atoms with Crippen LogP contribution in [0.25, 0.3) is 0 Å². The molecular weight excluding hydrogens is 208 g/mol. The Morgan fingerprint density at radius 2 is 1.93 bits per heavy atom. The Bertz CT molecular complexity index is 289. The Morgan fingerprint density at radius 3 is 2.43 bits per heavy atom. The van der Waals surface area contributed by atoms with Crippen LogP contribution in [0.15, 0.2) is 0 Å². The average Bonchev–Trinajstić information content (AvgIpc) is 2.02. The van der Waals surface area contributed by atoms with Crippen molar-refractivity contribution in [2.45, 2.75) is 12.8 Å². The molecule has 0 aromatic rings. The topological polar surface area (TPSA) is 80.7 Å². The van der Waals surface area contributed by atoms with Crippen molar-refractivity contribution in [1.29, 1.82) is 0 Å². The van der Waals surface area contributed by atoms with Gasteiger partial charge in [-0.1, -0.05) is 0 Å². The van der Waals surface area contributed by atoms with E-state index in [1.54, 1.807) is 0 Å². The van der Waals surface area contributed by atoms with Crippen LogP contribution in [0.3, 0.4) is 0 Å². The van der Waals surface area contributed by atoms with Gasteiger partial charge in [-0.2, -0.15) is 0 Å². The Balaban J connectivity index is 2.45. The van der Waals surface area contributed by atoms with E-state index >= 15 is 0 Å². The van der Waals surface area contributed by atoms with Crippen LogP contribution in [-0.4, -0.2) is 44.2 Å². The minimum Gasteiger partial charge on any atom is -0.480 e. The van der Waals surface area contributed by atoms with Gasteiger partial charge < -0.3 is 9.84 Å². The summed E-state index contributed by atoms with van der Waals surface area (Å²) in [6.07, 6.45) is 1.41. The molecule has 0 aromatic heterocycles. The van der Waals surface area contributed by atoms with Gasteiger partial charge in [-0.05, 0) is 18.8 Å². The molecule has 0 spiro atoms. The molecule has 0 bridgehead atoms. The molecule has 1 fully saturated rings. The summed E-state index contributed by atoms with van der Waals surface area (Å²) in [6.45, 7) is 1.15. The van der Waals surface area contributed by atoms with E-state index in [0.29, 0.717) is 26.1 Å². The molecule has 1 N–H and O–H groups in total. The van der Waals surface area contributed by atoms with Gasteiger partial charge in [-0.3, -0.25) is 4.79 Å². The summed E-state index contributed by atoms with van der Waals surface area (Å²) < 4.78 is 27.7. The van der Waals surface area contributed by atoms with Gasteiger partial charge >= 0.3 is 5.97 Å². The van der Waals surface area contributed by atoms with E-state index in [4.69, 9.17) is 9.84 Å². The highest BCUT2D eigenvalue weighted by atomic mass is 32.2. The average molecular weight is 222 g/mol. The van der Waals surface area contributed by atoms with Gasteiger partial charge in [0.15, 0.2) is 9.84 Å². The molecule has 0 atom stereocenters. The fourth-order valence-electron chi connectivity index (χ4n) is 1.52. The Labute approximate surface area is 83.0 Å². The zero-order valence-corrected chi connectivity index (χ0v) is 8.62. The van der Waals surface area contributed by atoms with Crippen LogP contribution in [0, 0.1) is 5.92 Å². The van der Waals surface area contributed by atoms with E-state index in [-0.39, 0.29) is 11.7 Å². The zero-order valence-electron chi connectivity index (χ0n) is 7.81. The molecule has 0 aliphatic carbocycles. The van der Waals surface area contributed by atoms with E-state index in [9.17, 15) is 13.2 Å². The van der Waals surface area contributed by atoms with Gasteiger partial charge in [0.2, 0.25) is 0 Å². The van der Waals surface area contributed by atoms with Crippen molar-refractivity contribution in [2.75, 3.05) is 24.7 Å². The van der Waals surface area contributed by atoms with Crippen molar-refractivity contribution in [3.63, 3.8) is 0 Å². The van der Waals surface area contributed by atoms with E-state index in [0.717, 1.165) is 0 Å². The first-order chi connectivity index (χ1) is 6.49. The molecule has 0 radical (unpaired) electrons. The second-order valence-corrected chi connectivity index (χ2v) is 5.61. The highest BCUT2D eigenvalue weighted by Gasteiger charge is 2.23. The lowest BCUT2D eigenvalue weighted by Gasteiger charge is -2.21. The number of carbonyl (C=O) groups is 1. The number of hydrogen-bond donors (Lipinski definition) is 1. The summed E-state index contributed by atoms with van der Waals surface area (Å²) >= 11 is 0. The first-order valence-electron chi connectivity index (χ1n) is 4.49. The summed E-state index contributed by atoms with van der Waals surface area (Å²) in [5, 5.41) is 8.37. The smallest absolute Gasteiger partial charge is 0.318 e. The fourth-order valence-corrected chi connectivity index (χ4v) is 3.06. The van der Waals surface area contributed by atoms with Crippen molar-refractivity contribution in [3.05, 3.63) is 0 Å². The molecule has 0 amide bonds. The Kier molecular flexibility index (Phi) is 3.88. The minimum atomic E-state index is -3.44. The van der Waals surface area contributed by atoms with E-state index in [1.807, 2.05) is 0 Å². The number of carboxylic acid groups (broad SMARTS) is 1. The van der Waals surface area contributed by atoms with Crippen LogP contribution in [0.4, 0.5) is 0 Å². The normalized spacial score (nSPS) is 19.4. The minimum absolute atomic E-state index is 0.0251. The number of aliphatic carboxylic acids is 1. The molecule has 1 rings (SSSR count). The van der Waals surface area contributed by atoms with Crippen molar-refractivity contribution >= 4 is 15.8 Å². The summed E-state index contributed by atoms with van der Waals surface area (Å²) in [7, 11) is -3.44. The van der Waals surface area contributed by atoms with Gasteiger partial charge in [0.05, 0.1) is 5.75 Å². The van der Waals surface area contributed by atoms with Crippen molar-refractivity contribution in [3.8, 4) is 0 Å². The third-order valence-corrected chi connectivity index (χ3v) is 3.84. The van der Waals surface area contributed by atoms with Crippen LogP contribution < -0.4 is 0 Å². The van der Waals surface area contributed by atoms with Gasteiger partial charge in [-0.15, -0.1) is 0 Å². The monoisotopic (exact) mass is 222 g/mol. The van der Waals surface area contributed by atoms with Crippen molar-refractivity contribution in [1.82, 2.24) is 0 Å². The Morgan fingerprint density at radius 1 is 1.36 bits per heavy atom. The van der Waals surface area contributed by atoms with Crippen LogP contribution in [0.1, 0.15) is 12.8 Å². The molecule has 5 nitrogen and oxygen atoms in total. The molecule has 1 saturated heterocycles. The lowest BCUT2D eigenvalue weighted by atomic mass is 10.0. The summed E-state index contributed by atoms with van der Waals surface area (Å²) in [5.74, 6) is -2.00. The predicted octanol–water partition coefficient (Wildman–Crippen LogP) is -0.0876. The van der Waals surface area contributed by atoms with Gasteiger partial charge in [0, 0.05) is 13.2 Å². The Hall–Kier alpha value is -0.620. The zero-order chi connectivity index (χ0) is 10.6. The lowest BCUT2D eigenvalue weighted by molar-refractivity contribution is -0.134. The molecule has 14 heavy (non-hydrogen) atoms. The van der Waals surface area contributed by atoms with Crippen molar-refractivity contribution < 1.29 is 23.1 Å². The number of rotatable bonds is 4. The van der Waals surface area contributed by atoms with Crippen LogP contribution >= 0.6 is 0 Å². The summed E-state index contributed by atoms with van der Waals surface area (Å²) in [5.41, 5.74) is 0. The molecule has 0 unspecified atom stereocenters. The molecule has 1 aliphatic rings. The largest absolute Gasteiger partial charge is 0.480 e. The molecule has 6 heteroatoms. The van der Waals surface area contributed by atoms with Crippen molar-refractivity contribution in [2.24, 2.45) is 5.92 Å². The lowest BCUT2D eigenvalue weighted by Crippen LogP contribution is -2.27. The number of hydrogen-bond acceptors (Lipinski definition) is 4. The molecule has 1 heterocycles. The second-order valence-electron chi connectivity index (χ2n) is 3.50. The second kappa shape index (κ2) is 4.75. The van der Waals surface area contributed by atoms with Crippen LogP contribution in [-0.2, 0) is 19.4 Å². The van der Waals surface area contributed by atoms with Gasteiger partial charge in [0.1, 0.15) is 5.75 Å². The third kappa shape index (κ3) is 4.06. The molecule has 0 aromatic carbocycles. The highest BCUT2D eigenvalue weighted by Crippen LogP contribution is 2.16. The van der Waals surface area contributed by atoms with Crippen LogP contribution in [0.5, 0.6) is 0 Å². The molecular formula is C8H14O5S. The van der Waals surface area contributed by atoms with E-state index in [2.05, 4.69) is 0 Å². The van der Waals surface area contributed by atoms with E-state index < -0.39 is 21.6 Å². The van der Waals surface area contributed by atoms with Gasteiger partial charge in [-0.25, -0.2) is 8.42 Å². The molecule has 82 valence electrons. The SMILES string of the molecule is O=C(O)CS(=O)(=O)CC1CCOCC1. The maximum atomic E-state index is 11.3. The first kappa shape index (κ1) is 11.5. The van der Waals surface area contributed by atoms with Crippen LogP contribution in [0.2, 0.25) is 0 Å². The quantitative estimate of drug-likeness (QED) is 0.719. The number of carboxylic acids is 1. The standard InChI is InChI=1S/C8H14O5S/c9-8(10)6-14(11,12)5-7-1-3-13-4-2-7/h7H,1-6H2,(H,9,10). The maximum absolute atomic E-state index is 11.3. The summed E-state index contributed by atoms with van der Waals surface area (Å²) in [6, 6.07) is 0. The molecule has 0 saturated carbocycles. The number of sulfone groups is 1. The van der Waals surface area contributed by atoms with Gasteiger partial charge in [0.25, 0.3) is 0 Å².